The van der Waals surface area contributed by atoms with E-state index in [4.69, 9.17) is 5.11 Å². The van der Waals surface area contributed by atoms with Crippen molar-refractivity contribution >= 4 is 0 Å². The fraction of sp³-hybridized carbons (Fsp3) is 0.556. The van der Waals surface area contributed by atoms with Gasteiger partial charge in [-0.25, -0.2) is 4.57 Å². The van der Waals surface area contributed by atoms with Gasteiger partial charge in [-0.3, -0.25) is 0 Å². The molecule has 0 bridgehead atoms. The number of aromatic nitrogens is 1. The Morgan fingerprint density at radius 3 is 1.26 bits per heavy atom. The van der Waals surface area contributed by atoms with Gasteiger partial charge in [0.25, 0.3) is 0 Å². The number of aromatic hydroxyl groups is 2. The summed E-state index contributed by atoms with van der Waals surface area (Å²) in [5, 5.41) is 27.7. The molecular formula is C9H9F6NO3. The molecule has 110 valence electrons. The van der Waals surface area contributed by atoms with Crippen molar-refractivity contribution in [3.05, 3.63) is 11.1 Å². The first-order valence-corrected chi connectivity index (χ1v) is 4.73. The van der Waals surface area contributed by atoms with Crippen LogP contribution in [0.3, 0.4) is 0 Å². The molecule has 0 spiro atoms. The van der Waals surface area contributed by atoms with Crippen molar-refractivity contribution < 1.29 is 41.7 Å². The van der Waals surface area contributed by atoms with Gasteiger partial charge in [-0.15, -0.1) is 0 Å². The van der Waals surface area contributed by atoms with E-state index in [1.165, 1.54) is 0 Å². The van der Waals surface area contributed by atoms with E-state index in [0.29, 0.717) is 0 Å². The quantitative estimate of drug-likeness (QED) is 0.696. The zero-order valence-electron chi connectivity index (χ0n) is 9.56. The Bertz CT molecular complexity index is 462. The lowest BCUT2D eigenvalue weighted by Crippen LogP contribution is -2.58. The lowest BCUT2D eigenvalue weighted by molar-refractivity contribution is -0.407. The summed E-state index contributed by atoms with van der Waals surface area (Å²) in [6.45, 7) is 1.99. The average Bonchev–Trinajstić information content (AvgIpc) is 2.39. The maximum absolute atomic E-state index is 12.6. The molecule has 0 unspecified atom stereocenters. The smallest absolute Gasteiger partial charge is 0.446 e. The van der Waals surface area contributed by atoms with E-state index in [1.807, 2.05) is 0 Å². The van der Waals surface area contributed by atoms with Crippen molar-refractivity contribution in [1.29, 1.82) is 0 Å². The van der Waals surface area contributed by atoms with E-state index in [9.17, 15) is 36.6 Å². The van der Waals surface area contributed by atoms with Crippen LogP contribution < -0.4 is 0 Å². The predicted octanol–water partition coefficient (Wildman–Crippen LogP) is 2.29. The lowest BCUT2D eigenvalue weighted by Gasteiger charge is -2.34. The molecule has 0 fully saturated rings. The minimum Gasteiger partial charge on any atom is -0.494 e. The molecule has 19 heavy (non-hydrogen) atoms. The molecule has 0 atom stereocenters. The molecule has 0 saturated carbocycles. The number of halogens is 6. The van der Waals surface area contributed by atoms with Gasteiger partial charge < -0.3 is 15.3 Å². The third-order valence-corrected chi connectivity index (χ3v) is 2.77. The van der Waals surface area contributed by atoms with Crippen LogP contribution in [0.2, 0.25) is 0 Å². The third kappa shape index (κ3) is 1.90. The molecule has 10 heteroatoms. The predicted molar refractivity (Wildman–Crippen MR) is 49.5 cm³/mol. The molecule has 1 heterocycles. The van der Waals surface area contributed by atoms with Crippen LogP contribution in [-0.2, 0) is 5.72 Å². The topological polar surface area (TPSA) is 65.6 Å². The van der Waals surface area contributed by atoms with E-state index >= 15 is 0 Å². The van der Waals surface area contributed by atoms with E-state index in [1.54, 1.807) is 0 Å². The minimum atomic E-state index is -6.20. The maximum atomic E-state index is 12.6. The van der Waals surface area contributed by atoms with Crippen LogP contribution in [0, 0.1) is 13.8 Å². The number of hydrogen-bond acceptors (Lipinski definition) is 3. The van der Waals surface area contributed by atoms with Crippen molar-refractivity contribution in [3.63, 3.8) is 0 Å². The first-order valence-electron chi connectivity index (χ1n) is 4.73. The number of alkyl halides is 6. The molecule has 3 N–H and O–H groups in total. The first kappa shape index (κ1) is 15.5. The molecule has 0 aliphatic rings. The van der Waals surface area contributed by atoms with Crippen molar-refractivity contribution in [2.75, 3.05) is 0 Å². The largest absolute Gasteiger partial charge is 0.494 e. The van der Waals surface area contributed by atoms with Crippen LogP contribution in [0.5, 0.6) is 11.8 Å². The fourth-order valence-electron chi connectivity index (χ4n) is 1.49. The normalized spacial score (nSPS) is 13.9. The second-order valence-electron chi connectivity index (χ2n) is 3.90. The molecule has 0 amide bonds. The SMILES string of the molecule is Cc1c(C)c(O)n(C(O)(C(F)(F)F)C(F)(F)F)c1O. The summed E-state index contributed by atoms with van der Waals surface area (Å²) in [4.78, 5) is 0. The van der Waals surface area contributed by atoms with Crippen LogP contribution >= 0.6 is 0 Å². The van der Waals surface area contributed by atoms with E-state index in [0.717, 1.165) is 13.8 Å². The van der Waals surface area contributed by atoms with Gasteiger partial charge in [0.05, 0.1) is 0 Å². The number of rotatable bonds is 1. The highest BCUT2D eigenvalue weighted by Gasteiger charge is 2.73. The summed E-state index contributed by atoms with van der Waals surface area (Å²) in [6, 6.07) is 0. The van der Waals surface area contributed by atoms with Gasteiger partial charge >= 0.3 is 18.1 Å². The summed E-state index contributed by atoms with van der Waals surface area (Å²) in [7, 11) is 0. The number of hydrogen-bond donors (Lipinski definition) is 3. The molecule has 0 saturated heterocycles. The molecule has 4 nitrogen and oxygen atoms in total. The highest BCUT2D eigenvalue weighted by Crippen LogP contribution is 2.51. The standard InChI is InChI=1S/C9H9F6NO3/c1-3-4(2)6(18)16(5(3)17)7(19,8(10,11)12)9(13,14)15/h17-19H,1-2H3. The molecular weight excluding hydrogens is 284 g/mol. The average molecular weight is 293 g/mol. The highest BCUT2D eigenvalue weighted by molar-refractivity contribution is 5.44. The van der Waals surface area contributed by atoms with Gasteiger partial charge in [0.1, 0.15) is 0 Å². The highest BCUT2D eigenvalue weighted by atomic mass is 19.4. The molecule has 1 aromatic rings. The Labute approximate surface area is 102 Å². The van der Waals surface area contributed by atoms with Gasteiger partial charge in [-0.05, 0) is 13.8 Å². The summed E-state index contributed by atoms with van der Waals surface area (Å²) in [6.07, 6.45) is -12.4. The summed E-state index contributed by atoms with van der Waals surface area (Å²) >= 11 is 0. The van der Waals surface area contributed by atoms with Crippen LogP contribution in [0.4, 0.5) is 26.3 Å². The maximum Gasteiger partial charge on any atom is 0.446 e. The Kier molecular flexibility index (Phi) is 3.22. The molecule has 0 aliphatic heterocycles. The van der Waals surface area contributed by atoms with E-state index in [-0.39, 0.29) is 0 Å². The van der Waals surface area contributed by atoms with E-state index < -0.39 is 45.5 Å². The van der Waals surface area contributed by atoms with Crippen molar-refractivity contribution in [3.8, 4) is 11.8 Å². The Hall–Kier alpha value is -1.58. The fourth-order valence-corrected chi connectivity index (χ4v) is 1.49. The second-order valence-corrected chi connectivity index (χ2v) is 3.90. The van der Waals surface area contributed by atoms with Crippen molar-refractivity contribution in [2.24, 2.45) is 0 Å². The van der Waals surface area contributed by atoms with Gasteiger partial charge in [0.15, 0.2) is 11.8 Å². The Morgan fingerprint density at radius 2 is 1.05 bits per heavy atom. The molecule has 1 aromatic heterocycles. The second kappa shape index (κ2) is 3.95. The molecule has 0 aromatic carbocycles. The summed E-state index contributed by atoms with van der Waals surface area (Å²) < 4.78 is 74.5. The van der Waals surface area contributed by atoms with Gasteiger partial charge in [-0.2, -0.15) is 26.3 Å². The van der Waals surface area contributed by atoms with Crippen LogP contribution in [0.1, 0.15) is 11.1 Å². The van der Waals surface area contributed by atoms with Crippen LogP contribution in [-0.4, -0.2) is 32.2 Å². The van der Waals surface area contributed by atoms with Crippen LogP contribution in [0.25, 0.3) is 0 Å². The van der Waals surface area contributed by atoms with E-state index in [2.05, 4.69) is 0 Å². The Balaban J connectivity index is 3.77. The van der Waals surface area contributed by atoms with Crippen molar-refractivity contribution in [2.45, 2.75) is 31.9 Å². The Morgan fingerprint density at radius 1 is 0.789 bits per heavy atom. The third-order valence-electron chi connectivity index (χ3n) is 2.77. The van der Waals surface area contributed by atoms with Gasteiger partial charge in [0.2, 0.25) is 0 Å². The molecule has 0 aliphatic carbocycles. The monoisotopic (exact) mass is 293 g/mol. The first-order chi connectivity index (χ1) is 8.26. The zero-order valence-corrected chi connectivity index (χ0v) is 9.56. The summed E-state index contributed by atoms with van der Waals surface area (Å²) in [5.74, 6) is -3.04. The minimum absolute atomic E-state index is 0.413. The lowest BCUT2D eigenvalue weighted by atomic mass is 10.2. The number of aliphatic hydroxyl groups is 1. The van der Waals surface area contributed by atoms with Crippen LogP contribution in [0.15, 0.2) is 0 Å². The van der Waals surface area contributed by atoms with Gasteiger partial charge in [0, 0.05) is 11.1 Å². The summed E-state index contributed by atoms with van der Waals surface area (Å²) in [5.41, 5.74) is -6.25. The zero-order chi connectivity index (χ0) is 15.4. The van der Waals surface area contributed by atoms with Gasteiger partial charge in [-0.1, -0.05) is 0 Å². The van der Waals surface area contributed by atoms with Crippen molar-refractivity contribution in [1.82, 2.24) is 4.57 Å². The number of nitrogens with zero attached hydrogens (tertiary/aromatic N) is 1. The molecule has 1 rings (SSSR count). The molecule has 0 radical (unpaired) electrons.